The van der Waals surface area contributed by atoms with Crippen LogP contribution in [0, 0.1) is 0 Å². The second-order valence-corrected chi connectivity index (χ2v) is 6.70. The van der Waals surface area contributed by atoms with Gasteiger partial charge in [-0.2, -0.15) is 0 Å². The molecular weight excluding hydrogens is 298 g/mol. The smallest absolute Gasteiger partial charge is 0.253 e. The molecule has 1 heterocycles. The van der Waals surface area contributed by atoms with Crippen LogP contribution in [0.3, 0.4) is 0 Å². The number of hydrogen-bond donors (Lipinski definition) is 2. The molecule has 2 atom stereocenters. The summed E-state index contributed by atoms with van der Waals surface area (Å²) in [5.41, 5.74) is 0.370. The SMILES string of the molecule is CCCNc1cc(C(=O)NCC(C)S(C)=O)c(Cl)cn1. The first-order chi connectivity index (χ1) is 9.45. The minimum Gasteiger partial charge on any atom is -0.370 e. The van der Waals surface area contributed by atoms with E-state index in [1.165, 1.54) is 6.20 Å². The summed E-state index contributed by atoms with van der Waals surface area (Å²) in [5.74, 6) is 0.336. The molecule has 0 spiro atoms. The van der Waals surface area contributed by atoms with Crippen LogP contribution in [0.5, 0.6) is 0 Å². The van der Waals surface area contributed by atoms with E-state index in [1.807, 2.05) is 13.8 Å². The van der Waals surface area contributed by atoms with Crippen molar-refractivity contribution in [2.24, 2.45) is 0 Å². The second-order valence-electron chi connectivity index (χ2n) is 4.50. The Bertz CT molecular complexity index is 497. The van der Waals surface area contributed by atoms with Crippen LogP contribution < -0.4 is 10.6 Å². The highest BCUT2D eigenvalue weighted by Crippen LogP contribution is 2.18. The van der Waals surface area contributed by atoms with E-state index in [1.54, 1.807) is 12.3 Å². The predicted molar refractivity (Wildman–Crippen MR) is 83.9 cm³/mol. The van der Waals surface area contributed by atoms with Crippen LogP contribution in [0.15, 0.2) is 12.3 Å². The van der Waals surface area contributed by atoms with E-state index in [0.717, 1.165) is 13.0 Å². The molecule has 2 unspecified atom stereocenters. The fraction of sp³-hybridized carbons (Fsp3) is 0.538. The molecule has 2 N–H and O–H groups in total. The zero-order valence-corrected chi connectivity index (χ0v) is 13.5. The lowest BCUT2D eigenvalue weighted by molar-refractivity contribution is 0.0954. The van der Waals surface area contributed by atoms with Crippen molar-refractivity contribution in [2.75, 3.05) is 24.7 Å². The van der Waals surface area contributed by atoms with E-state index in [-0.39, 0.29) is 11.2 Å². The number of anilines is 1. The number of nitrogens with one attached hydrogen (secondary N) is 2. The topological polar surface area (TPSA) is 71.1 Å². The summed E-state index contributed by atoms with van der Waals surface area (Å²) in [4.78, 5) is 16.2. The van der Waals surface area contributed by atoms with Crippen molar-refractivity contribution < 1.29 is 9.00 Å². The third-order valence-electron chi connectivity index (χ3n) is 2.77. The van der Waals surface area contributed by atoms with Crippen molar-refractivity contribution >= 4 is 34.1 Å². The molecule has 1 aromatic heterocycles. The average molecular weight is 318 g/mol. The lowest BCUT2D eigenvalue weighted by Crippen LogP contribution is -2.32. The van der Waals surface area contributed by atoms with Crippen LogP contribution in [-0.2, 0) is 10.8 Å². The number of rotatable bonds is 7. The maximum atomic E-state index is 12.1. The lowest BCUT2D eigenvalue weighted by atomic mass is 10.2. The molecule has 0 aliphatic heterocycles. The van der Waals surface area contributed by atoms with Gasteiger partial charge < -0.3 is 10.6 Å². The van der Waals surface area contributed by atoms with Gasteiger partial charge in [-0.1, -0.05) is 18.5 Å². The number of hydrogen-bond acceptors (Lipinski definition) is 4. The van der Waals surface area contributed by atoms with Crippen molar-refractivity contribution in [1.82, 2.24) is 10.3 Å². The summed E-state index contributed by atoms with van der Waals surface area (Å²) >= 11 is 5.99. The number of aromatic nitrogens is 1. The van der Waals surface area contributed by atoms with Gasteiger partial charge in [-0.3, -0.25) is 9.00 Å². The Hall–Kier alpha value is -1.14. The molecule has 0 aromatic carbocycles. The maximum absolute atomic E-state index is 12.1. The molecule has 112 valence electrons. The molecule has 0 fully saturated rings. The van der Waals surface area contributed by atoms with Gasteiger partial charge in [-0.05, 0) is 19.4 Å². The number of pyridine rings is 1. The summed E-state index contributed by atoms with van der Waals surface area (Å²) in [7, 11) is -0.970. The van der Waals surface area contributed by atoms with Gasteiger partial charge in [0.25, 0.3) is 5.91 Å². The largest absolute Gasteiger partial charge is 0.370 e. The van der Waals surface area contributed by atoms with Gasteiger partial charge >= 0.3 is 0 Å². The van der Waals surface area contributed by atoms with Crippen LogP contribution in [0.4, 0.5) is 5.82 Å². The highest BCUT2D eigenvalue weighted by molar-refractivity contribution is 7.84. The monoisotopic (exact) mass is 317 g/mol. The number of carbonyl (C=O) groups is 1. The lowest BCUT2D eigenvalue weighted by Gasteiger charge is -2.12. The summed E-state index contributed by atoms with van der Waals surface area (Å²) in [5, 5.41) is 6.03. The van der Waals surface area contributed by atoms with Gasteiger partial charge in [0.05, 0.1) is 10.6 Å². The van der Waals surface area contributed by atoms with E-state index in [0.29, 0.717) is 22.9 Å². The zero-order valence-electron chi connectivity index (χ0n) is 11.9. The molecular formula is C13H20ClN3O2S. The third-order valence-corrected chi connectivity index (χ3v) is 4.37. The molecule has 1 rings (SSSR count). The van der Waals surface area contributed by atoms with Crippen LogP contribution >= 0.6 is 11.6 Å². The third kappa shape index (κ3) is 5.09. The standard InChI is InChI=1S/C13H20ClN3O2S/c1-4-5-15-12-6-10(11(14)8-16-12)13(18)17-7-9(2)20(3)19/h6,8-9H,4-5,7H2,1-3H3,(H,15,16)(H,17,18). The average Bonchev–Trinajstić information content (AvgIpc) is 2.43. The Kier molecular flexibility index (Phi) is 6.95. The van der Waals surface area contributed by atoms with Gasteiger partial charge in [0.1, 0.15) is 5.82 Å². The fourth-order valence-corrected chi connectivity index (χ4v) is 1.92. The summed E-state index contributed by atoms with van der Waals surface area (Å²) in [6.07, 6.45) is 4.03. The molecule has 5 nitrogen and oxygen atoms in total. The first-order valence-electron chi connectivity index (χ1n) is 6.45. The van der Waals surface area contributed by atoms with Crippen LogP contribution in [0.2, 0.25) is 5.02 Å². The molecule has 0 radical (unpaired) electrons. The van der Waals surface area contributed by atoms with Crippen molar-refractivity contribution in [3.05, 3.63) is 22.8 Å². The van der Waals surface area contributed by atoms with E-state index in [2.05, 4.69) is 15.6 Å². The predicted octanol–water partition coefficient (Wildman–Crippen LogP) is 2.05. The van der Waals surface area contributed by atoms with E-state index < -0.39 is 10.8 Å². The normalized spacial score (nSPS) is 13.6. The van der Waals surface area contributed by atoms with Gasteiger partial charge in [-0.15, -0.1) is 0 Å². The van der Waals surface area contributed by atoms with Gasteiger partial charge in [0.15, 0.2) is 0 Å². The van der Waals surface area contributed by atoms with Crippen LogP contribution in [-0.4, -0.2) is 39.7 Å². The molecule has 0 bridgehead atoms. The van der Waals surface area contributed by atoms with Crippen molar-refractivity contribution in [2.45, 2.75) is 25.5 Å². The van der Waals surface area contributed by atoms with Gasteiger partial charge in [0.2, 0.25) is 0 Å². The molecule has 0 saturated heterocycles. The Labute approximate surface area is 127 Å². The van der Waals surface area contributed by atoms with Crippen molar-refractivity contribution in [3.63, 3.8) is 0 Å². The number of amides is 1. The Morgan fingerprint density at radius 2 is 2.25 bits per heavy atom. The number of carbonyl (C=O) groups excluding carboxylic acids is 1. The Morgan fingerprint density at radius 3 is 2.85 bits per heavy atom. The van der Waals surface area contributed by atoms with Crippen LogP contribution in [0.1, 0.15) is 30.6 Å². The molecule has 7 heteroatoms. The van der Waals surface area contributed by atoms with Crippen LogP contribution in [0.25, 0.3) is 0 Å². The Balaban J connectivity index is 2.73. The minimum absolute atomic E-state index is 0.0998. The van der Waals surface area contributed by atoms with E-state index in [4.69, 9.17) is 11.6 Å². The van der Waals surface area contributed by atoms with E-state index in [9.17, 15) is 9.00 Å². The van der Waals surface area contributed by atoms with Crippen molar-refractivity contribution in [3.8, 4) is 0 Å². The highest BCUT2D eigenvalue weighted by Gasteiger charge is 2.14. The molecule has 1 amide bonds. The number of nitrogens with zero attached hydrogens (tertiary/aromatic N) is 1. The summed E-state index contributed by atoms with van der Waals surface area (Å²) in [6, 6.07) is 1.63. The zero-order chi connectivity index (χ0) is 15.1. The first kappa shape index (κ1) is 16.9. The quantitative estimate of drug-likeness (QED) is 0.807. The summed E-state index contributed by atoms with van der Waals surface area (Å²) in [6.45, 7) is 4.99. The second kappa shape index (κ2) is 8.21. The summed E-state index contributed by atoms with van der Waals surface area (Å²) < 4.78 is 11.2. The van der Waals surface area contributed by atoms with E-state index >= 15 is 0 Å². The number of halogens is 1. The Morgan fingerprint density at radius 1 is 1.55 bits per heavy atom. The molecule has 1 aromatic rings. The molecule has 0 aliphatic carbocycles. The minimum atomic E-state index is -0.970. The van der Waals surface area contributed by atoms with Gasteiger partial charge in [-0.25, -0.2) is 4.98 Å². The molecule has 0 saturated carbocycles. The highest BCUT2D eigenvalue weighted by atomic mass is 35.5. The van der Waals surface area contributed by atoms with Crippen molar-refractivity contribution in [1.29, 1.82) is 0 Å². The van der Waals surface area contributed by atoms with Gasteiger partial charge in [0, 0.05) is 41.6 Å². The molecule has 20 heavy (non-hydrogen) atoms. The molecule has 0 aliphatic rings. The fourth-order valence-electron chi connectivity index (χ4n) is 1.41. The first-order valence-corrected chi connectivity index (χ1v) is 8.45. The maximum Gasteiger partial charge on any atom is 0.253 e.